The van der Waals surface area contributed by atoms with Crippen molar-refractivity contribution >= 4 is 40.5 Å². The number of ether oxygens (including phenoxy) is 1. The summed E-state index contributed by atoms with van der Waals surface area (Å²) in [6.45, 7) is 0. The highest BCUT2D eigenvalue weighted by Gasteiger charge is 2.13. The van der Waals surface area contributed by atoms with Crippen molar-refractivity contribution in [2.75, 3.05) is 0 Å². The van der Waals surface area contributed by atoms with E-state index in [1.807, 2.05) is 0 Å². The Kier molecular flexibility index (Phi) is 4.70. The average molecular weight is 333 g/mol. The molecule has 0 unspecified atom stereocenters. The second kappa shape index (κ2) is 6.31. The molecule has 0 aliphatic rings. The molecule has 2 rings (SSSR count). The molecule has 0 bridgehead atoms. The van der Waals surface area contributed by atoms with Crippen LogP contribution in [0.15, 0.2) is 36.4 Å². The number of rotatable bonds is 4. The van der Waals surface area contributed by atoms with E-state index in [1.54, 1.807) is 18.2 Å². The lowest BCUT2D eigenvalue weighted by atomic mass is 10.2. The van der Waals surface area contributed by atoms with Crippen LogP contribution >= 0.6 is 34.8 Å². The summed E-state index contributed by atoms with van der Waals surface area (Å²) in [4.78, 5) is 10.1. The largest absolute Gasteiger partial charge is 0.456 e. The third kappa shape index (κ3) is 3.33. The number of hydrogen-bond donors (Lipinski definition) is 0. The second-order valence-electron chi connectivity index (χ2n) is 3.87. The molecule has 0 radical (unpaired) electrons. The highest BCUT2D eigenvalue weighted by Crippen LogP contribution is 2.34. The quantitative estimate of drug-likeness (QED) is 0.426. The van der Waals surface area contributed by atoms with Crippen LogP contribution in [0.5, 0.6) is 11.5 Å². The number of benzene rings is 2. The van der Waals surface area contributed by atoms with Crippen LogP contribution in [0.1, 0.15) is 5.56 Å². The van der Waals surface area contributed by atoms with Crippen LogP contribution in [0.25, 0.3) is 0 Å². The predicted molar refractivity (Wildman–Crippen MR) is 79.2 cm³/mol. The molecule has 0 heterocycles. The Bertz CT molecular complexity index is 661. The highest BCUT2D eigenvalue weighted by atomic mass is 35.5. The van der Waals surface area contributed by atoms with Crippen LogP contribution < -0.4 is 4.74 Å². The van der Waals surface area contributed by atoms with Crippen LogP contribution in [0.3, 0.4) is 0 Å². The van der Waals surface area contributed by atoms with Crippen molar-refractivity contribution in [3.8, 4) is 11.5 Å². The van der Waals surface area contributed by atoms with Gasteiger partial charge in [0.2, 0.25) is 0 Å². The summed E-state index contributed by atoms with van der Waals surface area (Å²) in [6.07, 6.45) is 0. The number of hydrogen-bond acceptors (Lipinski definition) is 3. The van der Waals surface area contributed by atoms with Gasteiger partial charge in [-0.05, 0) is 23.8 Å². The smallest absolute Gasteiger partial charge is 0.288 e. The lowest BCUT2D eigenvalue weighted by Crippen LogP contribution is -1.91. The van der Waals surface area contributed by atoms with Gasteiger partial charge in [-0.3, -0.25) is 10.1 Å². The van der Waals surface area contributed by atoms with E-state index >= 15 is 0 Å². The van der Waals surface area contributed by atoms with Crippen LogP contribution in [0.4, 0.5) is 5.69 Å². The molecule has 0 spiro atoms. The zero-order valence-corrected chi connectivity index (χ0v) is 12.2. The van der Waals surface area contributed by atoms with E-state index in [-0.39, 0.29) is 10.7 Å². The fraction of sp³-hybridized carbons (Fsp3) is 0.0769. The summed E-state index contributed by atoms with van der Waals surface area (Å²) in [5, 5.41) is 11.1. The number of nitro benzene ring substituents is 1. The van der Waals surface area contributed by atoms with Gasteiger partial charge in [-0.1, -0.05) is 29.3 Å². The molecule has 7 heteroatoms. The van der Waals surface area contributed by atoms with Crippen LogP contribution in [-0.4, -0.2) is 4.92 Å². The Balaban J connectivity index is 2.26. The minimum absolute atomic E-state index is 0.000927. The maximum absolute atomic E-state index is 10.7. The molecule has 0 saturated heterocycles. The molecule has 0 aliphatic heterocycles. The van der Waals surface area contributed by atoms with Gasteiger partial charge in [-0.15, -0.1) is 11.6 Å². The molecule has 2 aromatic carbocycles. The van der Waals surface area contributed by atoms with Gasteiger partial charge in [0.05, 0.1) is 9.95 Å². The van der Waals surface area contributed by atoms with Gasteiger partial charge in [-0.2, -0.15) is 0 Å². The molecule has 0 fully saturated rings. The average Bonchev–Trinajstić information content (AvgIpc) is 2.40. The third-order valence-electron chi connectivity index (χ3n) is 2.49. The summed E-state index contributed by atoms with van der Waals surface area (Å²) < 4.78 is 5.54. The minimum atomic E-state index is -0.561. The molecule has 20 heavy (non-hydrogen) atoms. The first-order valence-electron chi connectivity index (χ1n) is 5.47. The predicted octanol–water partition coefficient (Wildman–Crippen LogP) is 5.43. The van der Waals surface area contributed by atoms with Crippen molar-refractivity contribution in [1.82, 2.24) is 0 Å². The number of halogens is 3. The lowest BCUT2D eigenvalue weighted by molar-refractivity contribution is -0.384. The molecule has 4 nitrogen and oxygen atoms in total. The monoisotopic (exact) mass is 331 g/mol. The Morgan fingerprint density at radius 2 is 1.85 bits per heavy atom. The van der Waals surface area contributed by atoms with Gasteiger partial charge < -0.3 is 4.74 Å². The summed E-state index contributed by atoms with van der Waals surface area (Å²) in [6, 6.07) is 9.24. The van der Waals surface area contributed by atoms with Crippen LogP contribution in [0, 0.1) is 10.1 Å². The van der Waals surface area contributed by atoms with E-state index in [9.17, 15) is 10.1 Å². The molecule has 0 amide bonds. The topological polar surface area (TPSA) is 52.4 Å². The Labute approximate surface area is 130 Å². The summed E-state index contributed by atoms with van der Waals surface area (Å²) in [5.41, 5.74) is 0.688. The van der Waals surface area contributed by atoms with Gasteiger partial charge in [0.1, 0.15) is 16.5 Å². The maximum Gasteiger partial charge on any atom is 0.288 e. The van der Waals surface area contributed by atoms with Gasteiger partial charge in [-0.25, -0.2) is 0 Å². The minimum Gasteiger partial charge on any atom is -0.456 e. The standard InChI is InChI=1S/C13H8Cl3NO3/c14-7-8-1-4-13(11(16)5-8)20-9-2-3-12(17(18)19)10(15)6-9/h1-6H,7H2. The van der Waals surface area contributed by atoms with Crippen molar-refractivity contribution in [2.24, 2.45) is 0 Å². The molecule has 0 saturated carbocycles. The first-order chi connectivity index (χ1) is 9.51. The first-order valence-corrected chi connectivity index (χ1v) is 6.76. The molecule has 2 aromatic rings. The van der Waals surface area contributed by atoms with E-state index < -0.39 is 4.92 Å². The van der Waals surface area contributed by atoms with Gasteiger partial charge in [0.25, 0.3) is 5.69 Å². The normalized spacial score (nSPS) is 10.3. The van der Waals surface area contributed by atoms with Crippen LogP contribution in [0.2, 0.25) is 10.0 Å². The van der Waals surface area contributed by atoms with Crippen LogP contribution in [-0.2, 0) is 5.88 Å². The Hall–Kier alpha value is -1.49. The number of nitrogens with zero attached hydrogens (tertiary/aromatic N) is 1. The molecular formula is C13H8Cl3NO3. The molecule has 104 valence electrons. The van der Waals surface area contributed by atoms with Crippen molar-refractivity contribution in [3.05, 3.63) is 62.1 Å². The van der Waals surface area contributed by atoms with E-state index in [2.05, 4.69) is 0 Å². The van der Waals surface area contributed by atoms with Crippen molar-refractivity contribution < 1.29 is 9.66 Å². The number of nitro groups is 1. The summed E-state index contributed by atoms with van der Waals surface area (Å²) in [5.74, 6) is 1.13. The summed E-state index contributed by atoms with van der Waals surface area (Å²) >= 11 is 17.6. The molecule has 0 N–H and O–H groups in total. The first kappa shape index (κ1) is 14.9. The van der Waals surface area contributed by atoms with E-state index in [1.165, 1.54) is 18.2 Å². The second-order valence-corrected chi connectivity index (χ2v) is 4.95. The molecule has 0 aromatic heterocycles. The van der Waals surface area contributed by atoms with E-state index in [0.717, 1.165) is 5.56 Å². The fourth-order valence-electron chi connectivity index (χ4n) is 1.54. The van der Waals surface area contributed by atoms with Gasteiger partial charge >= 0.3 is 0 Å². The van der Waals surface area contributed by atoms with E-state index in [0.29, 0.717) is 22.4 Å². The van der Waals surface area contributed by atoms with Gasteiger partial charge in [0, 0.05) is 18.0 Å². The van der Waals surface area contributed by atoms with Crippen molar-refractivity contribution in [1.29, 1.82) is 0 Å². The Morgan fingerprint density at radius 1 is 1.10 bits per heavy atom. The fourth-order valence-corrected chi connectivity index (χ4v) is 2.18. The molecule has 0 aliphatic carbocycles. The highest BCUT2D eigenvalue weighted by molar-refractivity contribution is 6.33. The zero-order valence-electron chi connectivity index (χ0n) is 9.98. The summed E-state index contributed by atoms with van der Waals surface area (Å²) in [7, 11) is 0. The molecule has 0 atom stereocenters. The Morgan fingerprint density at radius 3 is 2.40 bits per heavy atom. The maximum atomic E-state index is 10.7. The zero-order chi connectivity index (χ0) is 14.7. The van der Waals surface area contributed by atoms with Gasteiger partial charge in [0.15, 0.2) is 0 Å². The van der Waals surface area contributed by atoms with Crippen molar-refractivity contribution in [3.63, 3.8) is 0 Å². The van der Waals surface area contributed by atoms with E-state index in [4.69, 9.17) is 39.5 Å². The third-order valence-corrected chi connectivity index (χ3v) is 3.40. The lowest BCUT2D eigenvalue weighted by Gasteiger charge is -2.08. The van der Waals surface area contributed by atoms with Crippen molar-refractivity contribution in [2.45, 2.75) is 5.88 Å². The number of alkyl halides is 1. The molecular weight excluding hydrogens is 325 g/mol. The SMILES string of the molecule is O=[N+]([O-])c1ccc(Oc2ccc(CCl)cc2Cl)cc1Cl.